The SMILES string of the molecule is C[C@@H](Cc1c[nH]c2ccccc12)NC(=O)Cc1csc(-c2ccccc2F)n1. The van der Waals surface area contributed by atoms with Crippen LogP contribution in [0.25, 0.3) is 21.5 Å². The molecule has 28 heavy (non-hydrogen) atoms. The summed E-state index contributed by atoms with van der Waals surface area (Å²) in [6.07, 6.45) is 2.92. The Morgan fingerprint density at radius 1 is 1.21 bits per heavy atom. The first kappa shape index (κ1) is 18.4. The molecular formula is C22H20FN3OS. The van der Waals surface area contributed by atoms with Crippen LogP contribution >= 0.6 is 11.3 Å². The van der Waals surface area contributed by atoms with Crippen LogP contribution in [0, 0.1) is 5.82 Å². The number of carbonyl (C=O) groups excluding carboxylic acids is 1. The summed E-state index contributed by atoms with van der Waals surface area (Å²) in [5, 5.41) is 6.61. The van der Waals surface area contributed by atoms with Crippen molar-refractivity contribution >= 4 is 28.1 Å². The molecule has 2 aromatic heterocycles. The van der Waals surface area contributed by atoms with Gasteiger partial charge in [0, 0.05) is 34.1 Å². The Bertz CT molecular complexity index is 1120. The minimum atomic E-state index is -0.305. The summed E-state index contributed by atoms with van der Waals surface area (Å²) in [5.41, 5.74) is 3.39. The van der Waals surface area contributed by atoms with Crippen molar-refractivity contribution in [3.8, 4) is 10.6 Å². The number of aromatic nitrogens is 2. The average molecular weight is 393 g/mol. The van der Waals surface area contributed by atoms with Gasteiger partial charge in [0.1, 0.15) is 10.8 Å². The molecule has 0 saturated carbocycles. The number of H-pyrrole nitrogens is 1. The first-order valence-electron chi connectivity index (χ1n) is 9.14. The second-order valence-corrected chi connectivity index (χ2v) is 7.69. The molecule has 142 valence electrons. The fourth-order valence-electron chi connectivity index (χ4n) is 3.32. The zero-order valence-corrected chi connectivity index (χ0v) is 16.2. The molecule has 0 aliphatic carbocycles. The number of hydrogen-bond acceptors (Lipinski definition) is 3. The lowest BCUT2D eigenvalue weighted by molar-refractivity contribution is -0.121. The molecule has 0 bridgehead atoms. The Morgan fingerprint density at radius 2 is 2.00 bits per heavy atom. The van der Waals surface area contributed by atoms with Crippen molar-refractivity contribution < 1.29 is 9.18 Å². The summed E-state index contributed by atoms with van der Waals surface area (Å²) >= 11 is 1.35. The Kier molecular flexibility index (Phi) is 5.21. The van der Waals surface area contributed by atoms with Crippen LogP contribution < -0.4 is 5.32 Å². The predicted octanol–water partition coefficient (Wildman–Crippen LogP) is 4.72. The summed E-state index contributed by atoms with van der Waals surface area (Å²) in [4.78, 5) is 20.1. The van der Waals surface area contributed by atoms with E-state index in [1.54, 1.807) is 18.2 Å². The highest BCUT2D eigenvalue weighted by Crippen LogP contribution is 2.26. The molecule has 0 fully saturated rings. The third-order valence-electron chi connectivity index (χ3n) is 4.61. The summed E-state index contributed by atoms with van der Waals surface area (Å²) in [5.74, 6) is -0.391. The largest absolute Gasteiger partial charge is 0.361 e. The number of amides is 1. The quantitative estimate of drug-likeness (QED) is 0.498. The lowest BCUT2D eigenvalue weighted by Crippen LogP contribution is -2.35. The van der Waals surface area contributed by atoms with E-state index in [1.807, 2.05) is 36.7 Å². The summed E-state index contributed by atoms with van der Waals surface area (Å²) in [6, 6.07) is 14.7. The van der Waals surface area contributed by atoms with Crippen molar-refractivity contribution in [2.75, 3.05) is 0 Å². The molecule has 0 unspecified atom stereocenters. The van der Waals surface area contributed by atoms with E-state index in [2.05, 4.69) is 21.4 Å². The van der Waals surface area contributed by atoms with Crippen molar-refractivity contribution in [2.24, 2.45) is 0 Å². The monoisotopic (exact) mass is 393 g/mol. The summed E-state index contributed by atoms with van der Waals surface area (Å²) in [7, 11) is 0. The number of aromatic amines is 1. The van der Waals surface area contributed by atoms with Crippen LogP contribution in [0.1, 0.15) is 18.2 Å². The number of halogens is 1. The van der Waals surface area contributed by atoms with Gasteiger partial charge in [-0.2, -0.15) is 0 Å². The number of thiazole rings is 1. The van der Waals surface area contributed by atoms with E-state index in [1.165, 1.54) is 28.4 Å². The highest BCUT2D eigenvalue weighted by Gasteiger charge is 2.14. The number of hydrogen-bond donors (Lipinski definition) is 2. The molecule has 1 amide bonds. The van der Waals surface area contributed by atoms with Gasteiger partial charge in [0.15, 0.2) is 0 Å². The zero-order valence-electron chi connectivity index (χ0n) is 15.4. The standard InChI is InChI=1S/C22H20FN3OS/c1-14(10-15-12-24-20-9-5-3-6-17(15)20)25-21(27)11-16-13-28-22(26-16)18-7-2-4-8-19(18)23/h2-9,12-14,24H,10-11H2,1H3,(H,25,27)/t14-/m0/s1. The Balaban J connectivity index is 1.37. The number of nitrogens with zero attached hydrogens (tertiary/aromatic N) is 1. The van der Waals surface area contributed by atoms with E-state index in [9.17, 15) is 9.18 Å². The second-order valence-electron chi connectivity index (χ2n) is 6.83. The van der Waals surface area contributed by atoms with Gasteiger partial charge in [0.25, 0.3) is 0 Å². The van der Waals surface area contributed by atoms with E-state index >= 15 is 0 Å². The number of nitrogens with one attached hydrogen (secondary N) is 2. The van der Waals surface area contributed by atoms with Gasteiger partial charge in [-0.1, -0.05) is 30.3 Å². The molecular weight excluding hydrogens is 373 g/mol. The first-order chi connectivity index (χ1) is 13.6. The van der Waals surface area contributed by atoms with E-state index in [0.29, 0.717) is 16.3 Å². The first-order valence-corrected chi connectivity index (χ1v) is 10.0. The molecule has 4 aromatic rings. The van der Waals surface area contributed by atoms with Gasteiger partial charge in [-0.3, -0.25) is 4.79 Å². The van der Waals surface area contributed by atoms with Gasteiger partial charge in [-0.25, -0.2) is 9.37 Å². The second kappa shape index (κ2) is 7.94. The maximum Gasteiger partial charge on any atom is 0.226 e. The average Bonchev–Trinajstić information content (AvgIpc) is 3.29. The van der Waals surface area contributed by atoms with Crippen LogP contribution in [0.15, 0.2) is 60.1 Å². The van der Waals surface area contributed by atoms with Crippen molar-refractivity contribution in [2.45, 2.75) is 25.8 Å². The third kappa shape index (κ3) is 3.97. The van der Waals surface area contributed by atoms with E-state index in [0.717, 1.165) is 11.9 Å². The number of carbonyl (C=O) groups is 1. The van der Waals surface area contributed by atoms with E-state index in [-0.39, 0.29) is 24.2 Å². The van der Waals surface area contributed by atoms with Gasteiger partial charge in [0.2, 0.25) is 5.91 Å². The molecule has 6 heteroatoms. The van der Waals surface area contributed by atoms with E-state index in [4.69, 9.17) is 0 Å². The Labute approximate surface area is 166 Å². The van der Waals surface area contributed by atoms with Gasteiger partial charge in [-0.05, 0) is 37.1 Å². The molecule has 2 heterocycles. The highest BCUT2D eigenvalue weighted by atomic mass is 32.1. The van der Waals surface area contributed by atoms with Crippen molar-refractivity contribution in [3.63, 3.8) is 0 Å². The molecule has 1 atom stereocenters. The van der Waals surface area contributed by atoms with Crippen LogP contribution in [0.4, 0.5) is 4.39 Å². The number of rotatable bonds is 6. The maximum absolute atomic E-state index is 13.9. The Morgan fingerprint density at radius 3 is 2.86 bits per heavy atom. The van der Waals surface area contributed by atoms with Crippen LogP contribution in [0.2, 0.25) is 0 Å². The van der Waals surface area contributed by atoms with Crippen LogP contribution in [0.5, 0.6) is 0 Å². The summed E-state index contributed by atoms with van der Waals surface area (Å²) < 4.78 is 13.9. The highest BCUT2D eigenvalue weighted by molar-refractivity contribution is 7.13. The van der Waals surface area contributed by atoms with Crippen molar-refractivity contribution in [1.29, 1.82) is 0 Å². The number of fused-ring (bicyclic) bond motifs is 1. The fourth-order valence-corrected chi connectivity index (χ4v) is 4.16. The van der Waals surface area contributed by atoms with E-state index < -0.39 is 0 Å². The molecule has 4 nitrogen and oxygen atoms in total. The lowest BCUT2D eigenvalue weighted by Gasteiger charge is -2.13. The van der Waals surface area contributed by atoms with Gasteiger partial charge in [0.05, 0.1) is 12.1 Å². The number of para-hydroxylation sites is 1. The molecule has 0 aliphatic rings. The van der Waals surface area contributed by atoms with Gasteiger partial charge < -0.3 is 10.3 Å². The van der Waals surface area contributed by atoms with Crippen LogP contribution in [0.3, 0.4) is 0 Å². The van der Waals surface area contributed by atoms with Crippen LogP contribution in [-0.4, -0.2) is 21.9 Å². The maximum atomic E-state index is 13.9. The molecule has 0 spiro atoms. The normalized spacial score (nSPS) is 12.2. The molecule has 0 radical (unpaired) electrons. The summed E-state index contributed by atoms with van der Waals surface area (Å²) in [6.45, 7) is 1.99. The minimum Gasteiger partial charge on any atom is -0.361 e. The van der Waals surface area contributed by atoms with Gasteiger partial charge in [-0.15, -0.1) is 11.3 Å². The third-order valence-corrected chi connectivity index (χ3v) is 5.53. The van der Waals surface area contributed by atoms with Crippen molar-refractivity contribution in [3.05, 3.63) is 77.2 Å². The molecule has 2 N–H and O–H groups in total. The van der Waals surface area contributed by atoms with Gasteiger partial charge >= 0.3 is 0 Å². The lowest BCUT2D eigenvalue weighted by atomic mass is 10.1. The molecule has 0 saturated heterocycles. The smallest absolute Gasteiger partial charge is 0.226 e. The fraction of sp³-hybridized carbons (Fsp3) is 0.182. The molecule has 4 rings (SSSR count). The predicted molar refractivity (Wildman–Crippen MR) is 111 cm³/mol. The minimum absolute atomic E-state index is 0.00335. The molecule has 0 aliphatic heterocycles. The molecule has 2 aromatic carbocycles. The zero-order chi connectivity index (χ0) is 19.5. The topological polar surface area (TPSA) is 57.8 Å². The van der Waals surface area contributed by atoms with Crippen molar-refractivity contribution in [1.82, 2.24) is 15.3 Å². The number of benzene rings is 2. The van der Waals surface area contributed by atoms with Crippen LogP contribution in [-0.2, 0) is 17.6 Å². The Hall–Kier alpha value is -2.99.